The van der Waals surface area contributed by atoms with Gasteiger partial charge in [-0.15, -0.1) is 0 Å². The first-order valence-electron chi connectivity index (χ1n) is 8.15. The number of pyridine rings is 1. The second-order valence-corrected chi connectivity index (χ2v) is 7.27. The van der Waals surface area contributed by atoms with E-state index < -0.39 is 10.8 Å². The van der Waals surface area contributed by atoms with Crippen molar-refractivity contribution in [2.75, 3.05) is 7.11 Å². The zero-order valence-corrected chi connectivity index (χ0v) is 17.3. The van der Waals surface area contributed by atoms with Gasteiger partial charge in [-0.1, -0.05) is 0 Å². The normalized spacial score (nSPS) is 10.7. The van der Waals surface area contributed by atoms with Crippen LogP contribution in [0.2, 0.25) is 0 Å². The molecule has 1 unspecified atom stereocenters. The Labute approximate surface area is 175 Å². The Balaban J connectivity index is 0.00000210. The summed E-state index contributed by atoms with van der Waals surface area (Å²) in [6, 6.07) is 11.7. The third kappa shape index (κ3) is 5.09. The molecule has 4 rings (SSSR count). The fourth-order valence-corrected chi connectivity index (χ4v) is 3.97. The Bertz CT molecular complexity index is 1100. The van der Waals surface area contributed by atoms with Crippen molar-refractivity contribution >= 4 is 21.8 Å². The number of ether oxygens (including phenoxy) is 1. The molecule has 30 heavy (non-hydrogen) atoms. The molecule has 4 aromatic rings. The second kappa shape index (κ2) is 11.2. The largest absolute Gasteiger partial charge is 0.496 e. The van der Waals surface area contributed by atoms with Crippen molar-refractivity contribution in [2.45, 2.75) is 17.8 Å². The summed E-state index contributed by atoms with van der Waals surface area (Å²) in [5, 5.41) is 0.452. The van der Waals surface area contributed by atoms with Crippen LogP contribution in [0.5, 0.6) is 5.75 Å². The Kier molecular flexibility index (Phi) is 10.0. The van der Waals surface area contributed by atoms with Gasteiger partial charge in [0.25, 0.3) is 0 Å². The van der Waals surface area contributed by atoms with Gasteiger partial charge in [-0.2, -0.15) is 0 Å². The molecule has 164 valence electrons. The summed E-state index contributed by atoms with van der Waals surface area (Å²) in [5.74, 6) is 1.03. The average Bonchev–Trinajstić information content (AvgIpc) is 3.32. The zero-order chi connectivity index (χ0) is 18.1. The highest BCUT2D eigenvalue weighted by Gasteiger charge is 2.15. The minimum absolute atomic E-state index is 0. The first kappa shape index (κ1) is 26.9. The van der Waals surface area contributed by atoms with Gasteiger partial charge in [0.2, 0.25) is 0 Å². The molecule has 0 spiro atoms. The number of imidazole rings is 1. The Morgan fingerprint density at radius 1 is 1.10 bits per heavy atom. The van der Waals surface area contributed by atoms with E-state index in [1.807, 2.05) is 54.2 Å². The van der Waals surface area contributed by atoms with Crippen molar-refractivity contribution in [3.8, 4) is 11.4 Å². The number of rotatable bonds is 5. The number of fused-ring (bicyclic) bond motifs is 1. The third-order valence-electron chi connectivity index (χ3n) is 4.31. The van der Waals surface area contributed by atoms with Crippen LogP contribution in [0.1, 0.15) is 11.3 Å². The number of aromatic amines is 1. The van der Waals surface area contributed by atoms with Crippen molar-refractivity contribution in [1.82, 2.24) is 19.5 Å². The van der Waals surface area contributed by atoms with Crippen molar-refractivity contribution in [1.29, 1.82) is 0 Å². The SMILES string of the molecule is COc1ccnc(CS(=O)c2nc3ccc(-n4cccc4)cc3[nH]2)c1C.O.O.O.O. The molecule has 1 atom stereocenters. The molecular formula is C19H26N4O6S. The van der Waals surface area contributed by atoms with Gasteiger partial charge in [-0.3, -0.25) is 9.19 Å². The molecule has 0 saturated carbocycles. The van der Waals surface area contributed by atoms with Gasteiger partial charge in [0.05, 0.1) is 40.4 Å². The van der Waals surface area contributed by atoms with Crippen LogP contribution >= 0.6 is 0 Å². The van der Waals surface area contributed by atoms with Crippen LogP contribution in [0, 0.1) is 6.92 Å². The van der Waals surface area contributed by atoms with E-state index in [4.69, 9.17) is 4.74 Å². The highest BCUT2D eigenvalue weighted by Crippen LogP contribution is 2.23. The van der Waals surface area contributed by atoms with Gasteiger partial charge in [0.1, 0.15) is 5.75 Å². The molecule has 0 aliphatic carbocycles. The van der Waals surface area contributed by atoms with Crippen molar-refractivity contribution in [2.24, 2.45) is 0 Å². The lowest BCUT2D eigenvalue weighted by Crippen LogP contribution is -2.03. The fraction of sp³-hybridized carbons (Fsp3) is 0.158. The molecule has 9 N–H and O–H groups in total. The molecule has 0 fully saturated rings. The standard InChI is InChI=1S/C19H18N4O2S.4H2O/c1-13-17(20-8-7-18(13)25-2)12-26(24)19-21-15-6-5-14(11-16(15)22-19)23-9-3-4-10-23;;;;/h3-11H,12H2,1-2H3,(H,21,22);4*1H2. The number of benzene rings is 1. The Morgan fingerprint density at radius 2 is 1.80 bits per heavy atom. The van der Waals surface area contributed by atoms with E-state index in [0.29, 0.717) is 5.16 Å². The minimum Gasteiger partial charge on any atom is -0.496 e. The van der Waals surface area contributed by atoms with Crippen LogP contribution in [-0.4, -0.2) is 52.7 Å². The minimum atomic E-state index is -1.32. The predicted molar refractivity (Wildman–Crippen MR) is 116 cm³/mol. The molecule has 0 aliphatic heterocycles. The summed E-state index contributed by atoms with van der Waals surface area (Å²) >= 11 is 0. The summed E-state index contributed by atoms with van der Waals surface area (Å²) in [6.07, 6.45) is 5.63. The highest BCUT2D eigenvalue weighted by molar-refractivity contribution is 7.84. The number of nitrogens with zero attached hydrogens (tertiary/aromatic N) is 3. The molecule has 1 aromatic carbocycles. The molecule has 10 nitrogen and oxygen atoms in total. The Morgan fingerprint density at radius 3 is 2.47 bits per heavy atom. The van der Waals surface area contributed by atoms with Gasteiger partial charge in [-0.05, 0) is 43.3 Å². The number of methoxy groups -OCH3 is 1. The molecule has 0 saturated heterocycles. The quantitative estimate of drug-likeness (QED) is 0.460. The first-order chi connectivity index (χ1) is 12.7. The Hall–Kier alpha value is -3.09. The van der Waals surface area contributed by atoms with Gasteiger partial charge in [0, 0.05) is 29.8 Å². The molecular weight excluding hydrogens is 412 g/mol. The lowest BCUT2D eigenvalue weighted by molar-refractivity contribution is 0.410. The van der Waals surface area contributed by atoms with Gasteiger partial charge >= 0.3 is 0 Å². The summed E-state index contributed by atoms with van der Waals surface area (Å²) in [6.45, 7) is 1.92. The summed E-state index contributed by atoms with van der Waals surface area (Å²) < 4.78 is 20.1. The van der Waals surface area contributed by atoms with Crippen LogP contribution in [0.3, 0.4) is 0 Å². The average molecular weight is 439 g/mol. The monoisotopic (exact) mass is 438 g/mol. The molecule has 3 aromatic heterocycles. The maximum Gasteiger partial charge on any atom is 0.197 e. The lowest BCUT2D eigenvalue weighted by Gasteiger charge is -2.08. The van der Waals surface area contributed by atoms with E-state index in [1.54, 1.807) is 19.4 Å². The van der Waals surface area contributed by atoms with Crippen molar-refractivity contribution in [3.63, 3.8) is 0 Å². The van der Waals surface area contributed by atoms with Crippen LogP contribution in [-0.2, 0) is 16.6 Å². The van der Waals surface area contributed by atoms with Crippen LogP contribution in [0.4, 0.5) is 0 Å². The van der Waals surface area contributed by atoms with Crippen molar-refractivity contribution < 1.29 is 30.9 Å². The van der Waals surface area contributed by atoms with E-state index in [9.17, 15) is 4.21 Å². The smallest absolute Gasteiger partial charge is 0.197 e. The van der Waals surface area contributed by atoms with Crippen molar-refractivity contribution in [3.05, 3.63) is 66.2 Å². The zero-order valence-electron chi connectivity index (χ0n) is 16.5. The molecule has 0 amide bonds. The number of hydrogen-bond donors (Lipinski definition) is 1. The maximum atomic E-state index is 12.8. The number of aromatic nitrogens is 4. The second-order valence-electron chi connectivity index (χ2n) is 5.91. The summed E-state index contributed by atoms with van der Waals surface area (Å²) in [5.41, 5.74) is 4.31. The first-order valence-corrected chi connectivity index (χ1v) is 9.47. The van der Waals surface area contributed by atoms with Gasteiger partial charge < -0.3 is 36.2 Å². The van der Waals surface area contributed by atoms with E-state index in [2.05, 4.69) is 15.0 Å². The third-order valence-corrected chi connectivity index (χ3v) is 5.47. The van der Waals surface area contributed by atoms with E-state index in [-0.39, 0.29) is 27.7 Å². The van der Waals surface area contributed by atoms with E-state index in [1.165, 1.54) is 0 Å². The number of hydrogen-bond acceptors (Lipinski definition) is 4. The number of H-pyrrole nitrogens is 1. The highest BCUT2D eigenvalue weighted by atomic mass is 32.2. The van der Waals surface area contributed by atoms with E-state index >= 15 is 0 Å². The topological polar surface area (TPSA) is 199 Å². The lowest BCUT2D eigenvalue weighted by atomic mass is 10.2. The van der Waals surface area contributed by atoms with Crippen LogP contribution in [0.15, 0.2) is 60.1 Å². The molecule has 11 heteroatoms. The van der Waals surface area contributed by atoms with Crippen LogP contribution in [0.25, 0.3) is 16.7 Å². The van der Waals surface area contributed by atoms with E-state index in [0.717, 1.165) is 33.7 Å². The fourth-order valence-electron chi connectivity index (χ4n) is 2.87. The van der Waals surface area contributed by atoms with Gasteiger partial charge in [-0.25, -0.2) is 4.98 Å². The summed E-state index contributed by atoms with van der Waals surface area (Å²) in [7, 11) is 0.293. The molecule has 3 heterocycles. The maximum absolute atomic E-state index is 12.8. The molecule has 0 bridgehead atoms. The van der Waals surface area contributed by atoms with Crippen LogP contribution < -0.4 is 4.74 Å². The molecule has 0 radical (unpaired) electrons. The number of nitrogens with one attached hydrogen (secondary N) is 1. The predicted octanol–water partition coefficient (Wildman–Crippen LogP) is 0.0746. The molecule has 0 aliphatic rings. The summed E-state index contributed by atoms with van der Waals surface area (Å²) in [4.78, 5) is 12.0. The van der Waals surface area contributed by atoms with Gasteiger partial charge in [0.15, 0.2) is 5.16 Å².